The highest BCUT2D eigenvalue weighted by Crippen LogP contribution is 2.26. The number of hydrogen-bond donors (Lipinski definition) is 1. The molecule has 0 amide bonds. The lowest BCUT2D eigenvalue weighted by Crippen LogP contribution is -2.09. The maximum Gasteiger partial charge on any atom is 0.0168 e. The molecule has 0 spiro atoms. The first kappa shape index (κ1) is 5.48. The Balaban J connectivity index is 2.16. The van der Waals surface area contributed by atoms with E-state index >= 15 is 0 Å². The van der Waals surface area contributed by atoms with Gasteiger partial charge in [0.1, 0.15) is 0 Å². The third-order valence-electron chi connectivity index (χ3n) is 2.41. The molecule has 0 bridgehead atoms. The number of fused-ring (bicyclic) bond motifs is 1. The maximum atomic E-state index is 3.40. The Morgan fingerprint density at radius 1 is 1.56 bits per heavy atom. The molecule has 2 aliphatic rings. The van der Waals surface area contributed by atoms with E-state index in [9.17, 15) is 0 Å². The Morgan fingerprint density at radius 2 is 2.56 bits per heavy atom. The van der Waals surface area contributed by atoms with Gasteiger partial charge in [-0.3, -0.25) is 0 Å². The lowest BCUT2D eigenvalue weighted by molar-refractivity contribution is 0.546. The number of rotatable bonds is 0. The zero-order chi connectivity index (χ0) is 6.10. The molecule has 1 N–H and O–H groups in total. The summed E-state index contributed by atoms with van der Waals surface area (Å²) in [6.07, 6.45) is 6.59. The quantitative estimate of drug-likeness (QED) is 0.479. The summed E-state index contributed by atoms with van der Waals surface area (Å²) in [6.45, 7) is 2.41. The second kappa shape index (κ2) is 2.14. The lowest BCUT2D eigenvalue weighted by atomic mass is 9.91. The Kier molecular flexibility index (Phi) is 1.31. The molecule has 1 aliphatic heterocycles. The Hall–Kier alpha value is -0.300. The molecule has 1 heteroatoms. The van der Waals surface area contributed by atoms with Crippen LogP contribution in [0.2, 0.25) is 0 Å². The van der Waals surface area contributed by atoms with Gasteiger partial charge in [-0.05, 0) is 25.2 Å². The normalized spacial score (nSPS) is 33.8. The zero-order valence-electron chi connectivity index (χ0n) is 5.69. The Bertz CT molecular complexity index is 138. The summed E-state index contributed by atoms with van der Waals surface area (Å²) >= 11 is 0. The van der Waals surface area contributed by atoms with Crippen molar-refractivity contribution in [2.75, 3.05) is 13.1 Å². The highest BCUT2D eigenvalue weighted by atomic mass is 14.9. The van der Waals surface area contributed by atoms with Crippen LogP contribution < -0.4 is 5.32 Å². The first-order chi connectivity index (χ1) is 4.47. The van der Waals surface area contributed by atoms with Crippen molar-refractivity contribution in [1.29, 1.82) is 0 Å². The van der Waals surface area contributed by atoms with E-state index in [1.165, 1.54) is 32.4 Å². The molecular formula is C8H13N. The van der Waals surface area contributed by atoms with Gasteiger partial charge in [0.2, 0.25) is 0 Å². The summed E-state index contributed by atoms with van der Waals surface area (Å²) in [7, 11) is 0. The van der Waals surface area contributed by atoms with Crippen LogP contribution in [0.4, 0.5) is 0 Å². The Morgan fingerprint density at radius 3 is 3.44 bits per heavy atom. The molecule has 2 rings (SSSR count). The average molecular weight is 123 g/mol. The van der Waals surface area contributed by atoms with Gasteiger partial charge >= 0.3 is 0 Å². The van der Waals surface area contributed by atoms with Gasteiger partial charge in [-0.2, -0.15) is 0 Å². The van der Waals surface area contributed by atoms with Crippen molar-refractivity contribution >= 4 is 0 Å². The van der Waals surface area contributed by atoms with Crippen LogP contribution >= 0.6 is 0 Å². The molecular weight excluding hydrogens is 110 g/mol. The third kappa shape index (κ3) is 0.897. The predicted molar refractivity (Wildman–Crippen MR) is 38.3 cm³/mol. The van der Waals surface area contributed by atoms with Crippen molar-refractivity contribution in [3.05, 3.63) is 11.6 Å². The maximum absolute atomic E-state index is 3.40. The second-order valence-corrected chi connectivity index (χ2v) is 3.04. The molecule has 50 valence electrons. The smallest absolute Gasteiger partial charge is 0.0168 e. The highest BCUT2D eigenvalue weighted by molar-refractivity contribution is 5.16. The number of allylic oxidation sites excluding steroid dienone is 1. The molecule has 0 radical (unpaired) electrons. The van der Waals surface area contributed by atoms with Crippen LogP contribution in [-0.2, 0) is 0 Å². The van der Waals surface area contributed by atoms with Crippen LogP contribution in [0, 0.1) is 5.92 Å². The van der Waals surface area contributed by atoms with Gasteiger partial charge in [0.15, 0.2) is 0 Å². The van der Waals surface area contributed by atoms with Gasteiger partial charge in [-0.1, -0.05) is 11.6 Å². The van der Waals surface area contributed by atoms with E-state index in [4.69, 9.17) is 0 Å². The van der Waals surface area contributed by atoms with E-state index < -0.39 is 0 Å². The van der Waals surface area contributed by atoms with E-state index in [2.05, 4.69) is 11.4 Å². The van der Waals surface area contributed by atoms with Crippen molar-refractivity contribution in [3.63, 3.8) is 0 Å². The van der Waals surface area contributed by atoms with Crippen LogP contribution in [0.1, 0.15) is 19.3 Å². The number of hydrogen-bond acceptors (Lipinski definition) is 1. The van der Waals surface area contributed by atoms with Crippen molar-refractivity contribution in [2.45, 2.75) is 19.3 Å². The van der Waals surface area contributed by atoms with Crippen LogP contribution in [-0.4, -0.2) is 13.1 Å². The van der Waals surface area contributed by atoms with Crippen LogP contribution in [0.3, 0.4) is 0 Å². The lowest BCUT2D eigenvalue weighted by Gasteiger charge is -2.14. The van der Waals surface area contributed by atoms with Crippen molar-refractivity contribution < 1.29 is 0 Å². The van der Waals surface area contributed by atoms with Crippen molar-refractivity contribution in [1.82, 2.24) is 5.32 Å². The fourth-order valence-corrected chi connectivity index (χ4v) is 1.84. The molecule has 0 aromatic heterocycles. The van der Waals surface area contributed by atoms with E-state index in [1.54, 1.807) is 5.57 Å². The largest absolute Gasteiger partial charge is 0.312 e. The molecule has 1 fully saturated rings. The fourth-order valence-electron chi connectivity index (χ4n) is 1.84. The molecule has 0 aromatic carbocycles. The molecule has 1 atom stereocenters. The summed E-state index contributed by atoms with van der Waals surface area (Å²) in [5.74, 6) is 0.916. The summed E-state index contributed by atoms with van der Waals surface area (Å²) in [4.78, 5) is 0. The zero-order valence-corrected chi connectivity index (χ0v) is 5.69. The molecule has 1 aliphatic carbocycles. The highest BCUT2D eigenvalue weighted by Gasteiger charge is 2.21. The van der Waals surface area contributed by atoms with E-state index in [1.807, 2.05) is 0 Å². The fraction of sp³-hybridized carbons (Fsp3) is 0.750. The minimum atomic E-state index is 0.916. The summed E-state index contributed by atoms with van der Waals surface area (Å²) in [5.41, 5.74) is 1.68. The molecule has 0 aromatic rings. The standard InChI is InChI=1S/C8H13N/c1-2-4-8-6-9-5-7(8)3-1/h3,8-9H,1-2,4-6H2. The van der Waals surface area contributed by atoms with Gasteiger partial charge in [0.05, 0.1) is 0 Å². The molecule has 0 saturated carbocycles. The van der Waals surface area contributed by atoms with Crippen molar-refractivity contribution in [3.8, 4) is 0 Å². The monoisotopic (exact) mass is 123 g/mol. The average Bonchev–Trinajstić information content (AvgIpc) is 2.33. The molecule has 1 unspecified atom stereocenters. The van der Waals surface area contributed by atoms with E-state index in [-0.39, 0.29) is 0 Å². The second-order valence-electron chi connectivity index (χ2n) is 3.04. The Labute approximate surface area is 56.1 Å². The molecule has 1 nitrogen and oxygen atoms in total. The third-order valence-corrected chi connectivity index (χ3v) is 2.41. The minimum Gasteiger partial charge on any atom is -0.312 e. The van der Waals surface area contributed by atoms with Gasteiger partial charge in [0.25, 0.3) is 0 Å². The molecule has 9 heavy (non-hydrogen) atoms. The number of nitrogens with one attached hydrogen (secondary N) is 1. The first-order valence-corrected chi connectivity index (χ1v) is 3.86. The molecule has 1 saturated heterocycles. The molecule has 1 heterocycles. The summed E-state index contributed by atoms with van der Waals surface area (Å²) < 4.78 is 0. The van der Waals surface area contributed by atoms with Crippen molar-refractivity contribution in [2.24, 2.45) is 5.92 Å². The summed E-state index contributed by atoms with van der Waals surface area (Å²) in [5, 5.41) is 3.40. The summed E-state index contributed by atoms with van der Waals surface area (Å²) in [6, 6.07) is 0. The van der Waals surface area contributed by atoms with E-state index in [0.29, 0.717) is 0 Å². The minimum absolute atomic E-state index is 0.916. The topological polar surface area (TPSA) is 12.0 Å². The SMILES string of the molecule is C1=C2CNCC2CCC1. The van der Waals surface area contributed by atoms with Gasteiger partial charge in [-0.15, -0.1) is 0 Å². The van der Waals surface area contributed by atoms with E-state index in [0.717, 1.165) is 5.92 Å². The predicted octanol–water partition coefficient (Wildman–Crippen LogP) is 1.32. The van der Waals surface area contributed by atoms with Gasteiger partial charge < -0.3 is 5.32 Å². The van der Waals surface area contributed by atoms with Gasteiger partial charge in [-0.25, -0.2) is 0 Å². The van der Waals surface area contributed by atoms with Crippen LogP contribution in [0.25, 0.3) is 0 Å². The first-order valence-electron chi connectivity index (χ1n) is 3.86. The van der Waals surface area contributed by atoms with Gasteiger partial charge in [0, 0.05) is 13.1 Å². The van der Waals surface area contributed by atoms with Crippen LogP contribution in [0.15, 0.2) is 11.6 Å². The van der Waals surface area contributed by atoms with Crippen LogP contribution in [0.5, 0.6) is 0 Å².